The molecular formula is C15H11F11O2. The minimum atomic E-state index is -7.27. The molecule has 0 radical (unpaired) electrons. The maximum absolute atomic E-state index is 14.6. The van der Waals surface area contributed by atoms with E-state index in [4.69, 9.17) is 0 Å². The van der Waals surface area contributed by atoms with Crippen LogP contribution in [0.5, 0.6) is 5.75 Å². The Kier molecular flexibility index (Phi) is 4.90. The Morgan fingerprint density at radius 3 is 1.43 bits per heavy atom. The SMILES string of the molecule is COc1ccc(C(O)CC2(F)C(F)(F)C(F)(F)C(F)(F)C(F)(F)C2(F)F)cc1. The third-order valence-corrected chi connectivity index (χ3v) is 4.55. The van der Waals surface area contributed by atoms with Crippen LogP contribution in [0, 0.1) is 0 Å². The second-order valence-corrected chi connectivity index (χ2v) is 6.17. The maximum Gasteiger partial charge on any atom is 0.384 e. The fourth-order valence-electron chi connectivity index (χ4n) is 2.75. The lowest BCUT2D eigenvalue weighted by Crippen LogP contribution is -2.83. The van der Waals surface area contributed by atoms with Gasteiger partial charge in [-0.3, -0.25) is 0 Å². The Morgan fingerprint density at radius 2 is 1.07 bits per heavy atom. The first-order chi connectivity index (χ1) is 12.4. The summed E-state index contributed by atoms with van der Waals surface area (Å²) in [6.07, 6.45) is -5.47. The Labute approximate surface area is 149 Å². The molecule has 1 aliphatic rings. The van der Waals surface area contributed by atoms with Crippen LogP contribution < -0.4 is 4.74 Å². The molecule has 1 unspecified atom stereocenters. The Bertz CT molecular complexity index is 700. The van der Waals surface area contributed by atoms with Crippen molar-refractivity contribution in [3.63, 3.8) is 0 Å². The summed E-state index contributed by atoms with van der Waals surface area (Å²) in [5.74, 6) is -35.5. The molecule has 1 aliphatic carbocycles. The number of rotatable bonds is 4. The average Bonchev–Trinajstić information content (AvgIpc) is 2.59. The van der Waals surface area contributed by atoms with Gasteiger partial charge in [0, 0.05) is 6.42 Å². The van der Waals surface area contributed by atoms with Crippen LogP contribution in [-0.4, -0.2) is 47.5 Å². The smallest absolute Gasteiger partial charge is 0.384 e. The zero-order valence-corrected chi connectivity index (χ0v) is 13.6. The summed E-state index contributed by atoms with van der Waals surface area (Å²) in [6.45, 7) is 0. The predicted octanol–water partition coefficient (Wildman–Crippen LogP) is 5.02. The highest BCUT2D eigenvalue weighted by Crippen LogP contribution is 2.70. The number of benzene rings is 1. The van der Waals surface area contributed by atoms with Gasteiger partial charge in [0.2, 0.25) is 0 Å². The molecule has 1 aromatic rings. The lowest BCUT2D eigenvalue weighted by atomic mass is 9.69. The van der Waals surface area contributed by atoms with Crippen molar-refractivity contribution >= 4 is 0 Å². The van der Waals surface area contributed by atoms with Crippen molar-refractivity contribution < 1.29 is 58.1 Å². The minimum absolute atomic E-state index is 0.0944. The van der Waals surface area contributed by atoms with Gasteiger partial charge in [0.1, 0.15) is 5.75 Å². The largest absolute Gasteiger partial charge is 0.497 e. The molecular weight excluding hydrogens is 421 g/mol. The Morgan fingerprint density at radius 1 is 0.714 bits per heavy atom. The van der Waals surface area contributed by atoms with Gasteiger partial charge in [-0.1, -0.05) is 12.1 Å². The van der Waals surface area contributed by atoms with Crippen molar-refractivity contribution in [1.82, 2.24) is 0 Å². The molecule has 2 rings (SSSR count). The zero-order valence-electron chi connectivity index (χ0n) is 13.6. The number of aliphatic hydroxyl groups is 1. The molecule has 0 heterocycles. The van der Waals surface area contributed by atoms with Gasteiger partial charge >= 0.3 is 29.6 Å². The van der Waals surface area contributed by atoms with Crippen LogP contribution in [0.3, 0.4) is 0 Å². The molecule has 0 aromatic heterocycles. The van der Waals surface area contributed by atoms with Gasteiger partial charge in [-0.15, -0.1) is 0 Å². The first kappa shape index (κ1) is 22.5. The number of hydrogen-bond donors (Lipinski definition) is 1. The first-order valence-corrected chi connectivity index (χ1v) is 7.32. The topological polar surface area (TPSA) is 29.5 Å². The van der Waals surface area contributed by atoms with E-state index in [2.05, 4.69) is 4.74 Å². The van der Waals surface area contributed by atoms with Crippen LogP contribution in [0.4, 0.5) is 48.3 Å². The molecule has 1 saturated carbocycles. The van der Waals surface area contributed by atoms with Crippen LogP contribution in [0.2, 0.25) is 0 Å². The molecule has 0 amide bonds. The van der Waals surface area contributed by atoms with E-state index in [0.717, 1.165) is 24.3 Å². The predicted molar refractivity (Wildman–Crippen MR) is 71.1 cm³/mol. The molecule has 1 atom stereocenters. The number of halogens is 11. The first-order valence-electron chi connectivity index (χ1n) is 7.32. The number of aliphatic hydroxyl groups excluding tert-OH is 1. The molecule has 0 aliphatic heterocycles. The van der Waals surface area contributed by atoms with E-state index in [-0.39, 0.29) is 5.75 Å². The van der Waals surface area contributed by atoms with E-state index >= 15 is 0 Å². The molecule has 0 bridgehead atoms. The zero-order chi connectivity index (χ0) is 22.0. The Balaban J connectivity index is 2.58. The van der Waals surface area contributed by atoms with Crippen molar-refractivity contribution in [3.05, 3.63) is 29.8 Å². The molecule has 1 aromatic carbocycles. The molecule has 1 N–H and O–H groups in total. The molecule has 0 spiro atoms. The Hall–Kier alpha value is -1.79. The highest BCUT2D eigenvalue weighted by atomic mass is 19.4. The lowest BCUT2D eigenvalue weighted by Gasteiger charge is -2.52. The molecule has 28 heavy (non-hydrogen) atoms. The van der Waals surface area contributed by atoms with Crippen molar-refractivity contribution in [3.8, 4) is 5.75 Å². The molecule has 160 valence electrons. The number of ether oxygens (including phenoxy) is 1. The fourth-order valence-corrected chi connectivity index (χ4v) is 2.75. The molecule has 13 heteroatoms. The monoisotopic (exact) mass is 432 g/mol. The third kappa shape index (κ3) is 2.43. The second-order valence-electron chi connectivity index (χ2n) is 6.17. The summed E-state index contributed by atoms with van der Waals surface area (Å²) >= 11 is 0. The van der Waals surface area contributed by atoms with Gasteiger partial charge in [-0.25, -0.2) is 4.39 Å². The van der Waals surface area contributed by atoms with Gasteiger partial charge < -0.3 is 9.84 Å². The summed E-state index contributed by atoms with van der Waals surface area (Å²) in [4.78, 5) is 0. The van der Waals surface area contributed by atoms with E-state index in [9.17, 15) is 53.4 Å². The molecule has 0 saturated heterocycles. The summed E-state index contributed by atoms with van der Waals surface area (Å²) in [6, 6.07) is 3.68. The van der Waals surface area contributed by atoms with Gasteiger partial charge in [-0.2, -0.15) is 43.9 Å². The summed E-state index contributed by atoms with van der Waals surface area (Å²) in [5, 5.41) is 9.71. The molecule has 1 fully saturated rings. The average molecular weight is 432 g/mol. The minimum Gasteiger partial charge on any atom is -0.497 e. The highest BCUT2D eigenvalue weighted by Gasteiger charge is 3.00. The molecule has 2 nitrogen and oxygen atoms in total. The van der Waals surface area contributed by atoms with Crippen LogP contribution in [0.25, 0.3) is 0 Å². The highest BCUT2D eigenvalue weighted by molar-refractivity contribution is 5.31. The van der Waals surface area contributed by atoms with Crippen molar-refractivity contribution in [2.75, 3.05) is 7.11 Å². The summed E-state index contributed by atoms with van der Waals surface area (Å²) < 4.78 is 154. The van der Waals surface area contributed by atoms with Crippen LogP contribution >= 0.6 is 0 Å². The van der Waals surface area contributed by atoms with Gasteiger partial charge in [0.05, 0.1) is 13.2 Å². The summed E-state index contributed by atoms with van der Waals surface area (Å²) in [7, 11) is 1.18. The second kappa shape index (κ2) is 6.10. The van der Waals surface area contributed by atoms with E-state index < -0.39 is 53.4 Å². The van der Waals surface area contributed by atoms with E-state index in [1.807, 2.05) is 0 Å². The van der Waals surface area contributed by atoms with Crippen molar-refractivity contribution in [2.24, 2.45) is 0 Å². The van der Waals surface area contributed by atoms with Crippen LogP contribution in [0.15, 0.2) is 24.3 Å². The lowest BCUT2D eigenvalue weighted by molar-refractivity contribution is -0.487. The van der Waals surface area contributed by atoms with Gasteiger partial charge in [0.15, 0.2) is 0 Å². The normalized spacial score (nSPS) is 27.0. The maximum atomic E-state index is 14.6. The van der Waals surface area contributed by atoms with Crippen molar-refractivity contribution in [1.29, 1.82) is 0 Å². The summed E-state index contributed by atoms with van der Waals surface area (Å²) in [5.41, 5.74) is -6.83. The quantitative estimate of drug-likeness (QED) is 0.678. The van der Waals surface area contributed by atoms with Crippen LogP contribution in [0.1, 0.15) is 18.1 Å². The van der Waals surface area contributed by atoms with Crippen LogP contribution in [-0.2, 0) is 0 Å². The van der Waals surface area contributed by atoms with Crippen molar-refractivity contribution in [2.45, 2.75) is 47.8 Å². The van der Waals surface area contributed by atoms with E-state index in [1.54, 1.807) is 0 Å². The van der Waals surface area contributed by atoms with Gasteiger partial charge in [-0.05, 0) is 17.7 Å². The third-order valence-electron chi connectivity index (χ3n) is 4.55. The fraction of sp³-hybridized carbons (Fsp3) is 0.600. The standard InChI is InChI=1S/C15H11F11O2/c1-28-8-4-2-7(3-5-8)9(27)6-10(16)11(17,18)13(21,22)15(25,26)14(23,24)12(10,19)20/h2-5,9,27H,6H2,1H3. The van der Waals surface area contributed by atoms with Gasteiger partial charge in [0.25, 0.3) is 5.67 Å². The number of alkyl halides is 11. The number of hydrogen-bond acceptors (Lipinski definition) is 2. The van der Waals surface area contributed by atoms with E-state index in [1.165, 1.54) is 7.11 Å². The number of methoxy groups -OCH3 is 1. The van der Waals surface area contributed by atoms with E-state index in [0.29, 0.717) is 0 Å².